The van der Waals surface area contributed by atoms with Gasteiger partial charge in [-0.2, -0.15) is 0 Å². The number of ether oxygens (including phenoxy) is 2. The SMILES string of the molecule is COC(=O)[C@H]1[C@@H](OC(=O)c2ccc(N=[N+]=[N-])c(I)c2)C[C@@H]2CC[C@H]1N2C. The Morgan fingerprint density at radius 2 is 2.15 bits per heavy atom. The van der Waals surface area contributed by atoms with Gasteiger partial charge in [-0.1, -0.05) is 11.2 Å². The first-order valence-corrected chi connectivity index (χ1v) is 9.39. The maximum Gasteiger partial charge on any atom is 0.338 e. The fourth-order valence-corrected chi connectivity index (χ4v) is 4.58. The molecule has 3 rings (SSSR count). The molecule has 2 aliphatic heterocycles. The number of carbonyl (C=O) groups is 2. The highest BCUT2D eigenvalue weighted by Crippen LogP contribution is 2.40. The van der Waals surface area contributed by atoms with E-state index in [4.69, 9.17) is 15.0 Å². The van der Waals surface area contributed by atoms with E-state index >= 15 is 0 Å². The number of fused-ring (bicyclic) bond motifs is 2. The van der Waals surface area contributed by atoms with E-state index in [2.05, 4.69) is 14.9 Å². The lowest BCUT2D eigenvalue weighted by molar-refractivity contribution is -0.156. The monoisotopic (exact) mass is 470 g/mol. The van der Waals surface area contributed by atoms with Crippen LogP contribution in [0.4, 0.5) is 5.69 Å². The highest BCUT2D eigenvalue weighted by Gasteiger charge is 2.51. The van der Waals surface area contributed by atoms with Crippen molar-refractivity contribution in [1.82, 2.24) is 4.90 Å². The topological polar surface area (TPSA) is 105 Å². The van der Waals surface area contributed by atoms with Crippen molar-refractivity contribution in [2.75, 3.05) is 14.2 Å². The zero-order chi connectivity index (χ0) is 18.8. The number of hydrogen-bond donors (Lipinski definition) is 0. The van der Waals surface area contributed by atoms with E-state index in [9.17, 15) is 9.59 Å². The molecule has 2 fully saturated rings. The van der Waals surface area contributed by atoms with Gasteiger partial charge in [0.05, 0.1) is 18.4 Å². The van der Waals surface area contributed by atoms with Crippen LogP contribution in [0.1, 0.15) is 29.6 Å². The van der Waals surface area contributed by atoms with Gasteiger partial charge in [0.15, 0.2) is 0 Å². The van der Waals surface area contributed by atoms with E-state index in [1.54, 1.807) is 18.2 Å². The Kier molecular flexibility index (Phi) is 5.69. The van der Waals surface area contributed by atoms with Gasteiger partial charge in [-0.15, -0.1) is 0 Å². The smallest absolute Gasteiger partial charge is 0.338 e. The van der Waals surface area contributed by atoms with Crippen LogP contribution in [0.25, 0.3) is 10.4 Å². The Morgan fingerprint density at radius 1 is 1.38 bits per heavy atom. The fraction of sp³-hybridized carbons (Fsp3) is 0.529. The number of esters is 2. The molecular weight excluding hydrogens is 451 g/mol. The minimum atomic E-state index is -0.502. The quantitative estimate of drug-likeness (QED) is 0.221. The summed E-state index contributed by atoms with van der Waals surface area (Å²) in [6, 6.07) is 5.10. The molecule has 138 valence electrons. The summed E-state index contributed by atoms with van der Waals surface area (Å²) in [7, 11) is 3.37. The molecular formula is C17H19IN4O4. The van der Waals surface area contributed by atoms with E-state index in [0.717, 1.165) is 12.8 Å². The lowest BCUT2D eigenvalue weighted by Gasteiger charge is -2.40. The zero-order valence-electron chi connectivity index (χ0n) is 14.5. The largest absolute Gasteiger partial charge is 0.469 e. The Morgan fingerprint density at radius 3 is 2.81 bits per heavy atom. The molecule has 2 heterocycles. The molecule has 9 heteroatoms. The third-order valence-corrected chi connectivity index (χ3v) is 6.15. The van der Waals surface area contributed by atoms with E-state index in [1.165, 1.54) is 7.11 Å². The van der Waals surface area contributed by atoms with Gasteiger partial charge in [-0.05, 0) is 60.1 Å². The average Bonchev–Trinajstić information content (AvgIpc) is 2.86. The van der Waals surface area contributed by atoms with E-state index in [1.807, 2.05) is 29.6 Å². The first-order chi connectivity index (χ1) is 12.5. The maximum atomic E-state index is 12.6. The number of rotatable bonds is 4. The zero-order valence-corrected chi connectivity index (χ0v) is 16.6. The van der Waals surface area contributed by atoms with Crippen molar-refractivity contribution in [2.24, 2.45) is 11.0 Å². The van der Waals surface area contributed by atoms with Crippen molar-refractivity contribution < 1.29 is 19.1 Å². The summed E-state index contributed by atoms with van der Waals surface area (Å²) < 4.78 is 11.3. The molecule has 0 spiro atoms. The lowest BCUT2D eigenvalue weighted by Crippen LogP contribution is -2.53. The van der Waals surface area contributed by atoms with Crippen LogP contribution in [-0.4, -0.2) is 49.2 Å². The van der Waals surface area contributed by atoms with Gasteiger partial charge in [0.1, 0.15) is 12.0 Å². The standard InChI is InChI=1S/C17H19IN4O4/c1-22-10-4-6-13(22)15(17(24)25-2)14(8-10)26-16(23)9-3-5-12(20-21-19)11(18)7-9/h3,5,7,10,13-15H,4,6,8H2,1-2H3/t10-,13+,14-,15+/m0/s1. The Hall–Kier alpha value is -1.84. The number of methoxy groups -OCH3 is 1. The third kappa shape index (κ3) is 3.51. The van der Waals surface area contributed by atoms with Crippen molar-refractivity contribution in [3.05, 3.63) is 37.8 Å². The Labute approximate surface area is 164 Å². The molecule has 26 heavy (non-hydrogen) atoms. The fourth-order valence-electron chi connectivity index (χ4n) is 3.96. The molecule has 2 saturated heterocycles. The number of azide groups is 1. The summed E-state index contributed by atoms with van der Waals surface area (Å²) in [6.07, 6.45) is 2.00. The second-order valence-electron chi connectivity index (χ2n) is 6.55. The van der Waals surface area contributed by atoms with Gasteiger partial charge in [-0.3, -0.25) is 9.69 Å². The Bertz CT molecular complexity index is 780. The Balaban J connectivity index is 1.80. The summed E-state index contributed by atoms with van der Waals surface area (Å²) in [5.41, 5.74) is 9.35. The first-order valence-electron chi connectivity index (χ1n) is 8.31. The van der Waals surface area contributed by atoms with Crippen molar-refractivity contribution in [3.63, 3.8) is 0 Å². The van der Waals surface area contributed by atoms with Crippen LogP contribution < -0.4 is 0 Å². The summed E-state index contributed by atoms with van der Waals surface area (Å²) in [4.78, 5) is 29.9. The van der Waals surface area contributed by atoms with Crippen molar-refractivity contribution in [2.45, 2.75) is 37.5 Å². The van der Waals surface area contributed by atoms with Gasteiger partial charge >= 0.3 is 11.9 Å². The van der Waals surface area contributed by atoms with Crippen LogP contribution in [0.2, 0.25) is 0 Å². The molecule has 0 aromatic heterocycles. The van der Waals surface area contributed by atoms with Crippen molar-refractivity contribution in [3.8, 4) is 0 Å². The molecule has 0 unspecified atom stereocenters. The van der Waals surface area contributed by atoms with Crippen LogP contribution in [-0.2, 0) is 14.3 Å². The molecule has 0 N–H and O–H groups in total. The second-order valence-corrected chi connectivity index (χ2v) is 7.71. The molecule has 1 aromatic rings. The van der Waals surface area contributed by atoms with Crippen LogP contribution in [0.15, 0.2) is 23.3 Å². The van der Waals surface area contributed by atoms with E-state index in [-0.39, 0.29) is 12.0 Å². The normalized spacial score (nSPS) is 27.5. The number of halogens is 1. The van der Waals surface area contributed by atoms with Crippen LogP contribution in [0.3, 0.4) is 0 Å². The summed E-state index contributed by atoms with van der Waals surface area (Å²) in [6.45, 7) is 0. The minimum Gasteiger partial charge on any atom is -0.469 e. The molecule has 4 atom stereocenters. The summed E-state index contributed by atoms with van der Waals surface area (Å²) in [5, 5.41) is 3.56. The van der Waals surface area contributed by atoms with Gasteiger partial charge in [0.2, 0.25) is 0 Å². The third-order valence-electron chi connectivity index (χ3n) is 5.28. The van der Waals surface area contributed by atoms with E-state index < -0.39 is 18.0 Å². The van der Waals surface area contributed by atoms with Crippen molar-refractivity contribution >= 4 is 40.2 Å². The molecule has 1 aromatic carbocycles. The number of nitrogens with zero attached hydrogens (tertiary/aromatic N) is 4. The average molecular weight is 470 g/mol. The highest BCUT2D eigenvalue weighted by atomic mass is 127. The number of carbonyl (C=O) groups excluding carboxylic acids is 2. The van der Waals surface area contributed by atoms with Gasteiger partial charge in [-0.25, -0.2) is 4.79 Å². The van der Waals surface area contributed by atoms with Gasteiger partial charge in [0, 0.05) is 27.0 Å². The van der Waals surface area contributed by atoms with Gasteiger partial charge in [0.25, 0.3) is 0 Å². The minimum absolute atomic E-state index is 0.0338. The summed E-state index contributed by atoms with van der Waals surface area (Å²) >= 11 is 2.00. The summed E-state index contributed by atoms with van der Waals surface area (Å²) in [5.74, 6) is -1.30. The molecule has 8 nitrogen and oxygen atoms in total. The lowest BCUT2D eigenvalue weighted by atomic mass is 9.87. The van der Waals surface area contributed by atoms with E-state index in [0.29, 0.717) is 27.3 Å². The maximum absolute atomic E-state index is 12.6. The molecule has 2 bridgehead atoms. The van der Waals surface area contributed by atoms with Crippen molar-refractivity contribution in [1.29, 1.82) is 0 Å². The molecule has 2 aliphatic rings. The van der Waals surface area contributed by atoms with Crippen LogP contribution in [0, 0.1) is 9.49 Å². The molecule has 0 saturated carbocycles. The number of hydrogen-bond acceptors (Lipinski definition) is 6. The number of benzene rings is 1. The second kappa shape index (κ2) is 7.81. The molecule has 0 aliphatic carbocycles. The predicted octanol–water partition coefficient (Wildman–Crippen LogP) is 3.41. The molecule has 0 amide bonds. The van der Waals surface area contributed by atoms with Crippen LogP contribution in [0.5, 0.6) is 0 Å². The predicted molar refractivity (Wildman–Crippen MR) is 102 cm³/mol. The molecule has 0 radical (unpaired) electrons. The first kappa shape index (κ1) is 18.9. The van der Waals surface area contributed by atoms with Crippen LogP contribution >= 0.6 is 22.6 Å². The highest BCUT2D eigenvalue weighted by molar-refractivity contribution is 14.1. The number of piperidine rings is 1. The van der Waals surface area contributed by atoms with Gasteiger partial charge < -0.3 is 9.47 Å².